The number of halogens is 1. The summed E-state index contributed by atoms with van der Waals surface area (Å²) in [5.74, 6) is 1.51. The van der Waals surface area contributed by atoms with Gasteiger partial charge in [0.25, 0.3) is 5.56 Å². The van der Waals surface area contributed by atoms with E-state index in [0.717, 1.165) is 36.3 Å². The predicted molar refractivity (Wildman–Crippen MR) is 121 cm³/mol. The molecule has 1 fully saturated rings. The Hall–Kier alpha value is -3.52. The van der Waals surface area contributed by atoms with E-state index in [0.29, 0.717) is 28.6 Å². The van der Waals surface area contributed by atoms with Crippen LogP contribution >= 0.6 is 11.6 Å². The quantitative estimate of drug-likeness (QED) is 0.495. The number of hydrogen-bond donors (Lipinski definition) is 2. The van der Waals surface area contributed by atoms with Gasteiger partial charge >= 0.3 is 0 Å². The normalized spacial score (nSPS) is 18.2. The van der Waals surface area contributed by atoms with Crippen LogP contribution in [-0.2, 0) is 0 Å². The summed E-state index contributed by atoms with van der Waals surface area (Å²) in [5, 5.41) is 8.17. The zero-order valence-electron chi connectivity index (χ0n) is 16.6. The molecule has 0 spiro atoms. The molecule has 2 N–H and O–H groups in total. The Balaban J connectivity index is 1.27. The largest absolute Gasteiger partial charge is 0.367 e. The number of rotatable bonds is 5. The Morgan fingerprint density at radius 2 is 1.68 bits per heavy atom. The Bertz CT molecular complexity index is 1260. The third kappa shape index (κ3) is 4.20. The van der Waals surface area contributed by atoms with Crippen LogP contribution in [0.15, 0.2) is 66.0 Å². The topological polar surface area (TPSA) is 97.6 Å². The molecule has 0 aromatic carbocycles. The van der Waals surface area contributed by atoms with Crippen LogP contribution in [0.5, 0.6) is 0 Å². The van der Waals surface area contributed by atoms with Crippen LogP contribution in [0.3, 0.4) is 0 Å². The molecule has 1 aliphatic carbocycles. The first kappa shape index (κ1) is 19.4. The monoisotopic (exact) mass is 433 g/mol. The van der Waals surface area contributed by atoms with Gasteiger partial charge < -0.3 is 10.6 Å². The highest BCUT2D eigenvalue weighted by atomic mass is 35.5. The molecule has 5 rings (SSSR count). The Labute approximate surface area is 183 Å². The standard InChI is InChI=1S/C22H20ClN7O/c23-18-12-27-20(13-25-18)29-16-5-4-15(10-16)28-19-7-6-17(11-26-19)30-21(31)8-3-14-2-1-9-24-22(14)30/h1-3,6-9,11-13,15-16H,4-5,10H2,(H,26,28)(H,27,29)/t15-,16-/m0/s1. The van der Waals surface area contributed by atoms with Crippen LogP contribution in [0.25, 0.3) is 16.7 Å². The number of anilines is 2. The predicted octanol–water partition coefficient (Wildman–Crippen LogP) is 3.67. The lowest BCUT2D eigenvalue weighted by molar-refractivity contribution is 0.719. The minimum Gasteiger partial charge on any atom is -0.367 e. The SMILES string of the molecule is O=c1ccc2cccnc2n1-c1ccc(N[C@H]2CC[C@H](Nc3cnc(Cl)cn3)C2)nc1. The first-order chi connectivity index (χ1) is 15.2. The van der Waals surface area contributed by atoms with E-state index in [-0.39, 0.29) is 5.56 Å². The summed E-state index contributed by atoms with van der Waals surface area (Å²) in [7, 11) is 0. The van der Waals surface area contributed by atoms with Crippen LogP contribution in [0.4, 0.5) is 11.6 Å². The second kappa shape index (κ2) is 8.31. The summed E-state index contributed by atoms with van der Waals surface area (Å²) < 4.78 is 1.58. The van der Waals surface area contributed by atoms with Crippen LogP contribution in [0.1, 0.15) is 19.3 Å². The maximum absolute atomic E-state index is 12.5. The highest BCUT2D eigenvalue weighted by Gasteiger charge is 2.25. The number of fused-ring (bicyclic) bond motifs is 1. The summed E-state index contributed by atoms with van der Waals surface area (Å²) in [6, 6.07) is 11.5. The van der Waals surface area contributed by atoms with Gasteiger partial charge in [-0.05, 0) is 49.6 Å². The van der Waals surface area contributed by atoms with E-state index in [1.54, 1.807) is 35.3 Å². The minimum atomic E-state index is -0.135. The van der Waals surface area contributed by atoms with Gasteiger partial charge in [0.15, 0.2) is 0 Å². The molecule has 0 amide bonds. The third-order valence-electron chi connectivity index (χ3n) is 5.42. The Morgan fingerprint density at radius 3 is 2.42 bits per heavy atom. The molecule has 8 nitrogen and oxygen atoms in total. The highest BCUT2D eigenvalue weighted by Crippen LogP contribution is 2.25. The van der Waals surface area contributed by atoms with Crippen molar-refractivity contribution in [2.24, 2.45) is 0 Å². The average Bonchev–Trinajstić information content (AvgIpc) is 3.23. The third-order valence-corrected chi connectivity index (χ3v) is 5.61. The second-order valence-corrected chi connectivity index (χ2v) is 7.93. The van der Waals surface area contributed by atoms with Crippen molar-refractivity contribution in [3.8, 4) is 5.69 Å². The maximum atomic E-state index is 12.5. The average molecular weight is 434 g/mol. The number of aromatic nitrogens is 5. The smallest absolute Gasteiger partial charge is 0.256 e. The second-order valence-electron chi connectivity index (χ2n) is 7.54. The molecule has 1 aliphatic rings. The van der Waals surface area contributed by atoms with Gasteiger partial charge in [-0.15, -0.1) is 0 Å². The van der Waals surface area contributed by atoms with Gasteiger partial charge in [-0.25, -0.2) is 19.9 Å². The van der Waals surface area contributed by atoms with Crippen molar-refractivity contribution in [1.29, 1.82) is 0 Å². The van der Waals surface area contributed by atoms with Crippen molar-refractivity contribution >= 4 is 34.3 Å². The van der Waals surface area contributed by atoms with E-state index < -0.39 is 0 Å². The van der Waals surface area contributed by atoms with Crippen molar-refractivity contribution in [2.75, 3.05) is 10.6 Å². The molecule has 2 atom stereocenters. The molecule has 31 heavy (non-hydrogen) atoms. The zero-order valence-corrected chi connectivity index (χ0v) is 17.3. The van der Waals surface area contributed by atoms with Crippen molar-refractivity contribution in [2.45, 2.75) is 31.3 Å². The van der Waals surface area contributed by atoms with Crippen LogP contribution in [0, 0.1) is 0 Å². The number of pyridine rings is 3. The molecule has 156 valence electrons. The summed E-state index contributed by atoms with van der Waals surface area (Å²) in [5.41, 5.74) is 1.17. The summed E-state index contributed by atoms with van der Waals surface area (Å²) >= 11 is 5.79. The van der Waals surface area contributed by atoms with Crippen molar-refractivity contribution in [3.05, 3.63) is 76.7 Å². The lowest BCUT2D eigenvalue weighted by atomic mass is 10.2. The lowest BCUT2D eigenvalue weighted by Gasteiger charge is -2.16. The van der Waals surface area contributed by atoms with Gasteiger partial charge in [0.05, 0.1) is 24.3 Å². The van der Waals surface area contributed by atoms with Crippen molar-refractivity contribution in [3.63, 3.8) is 0 Å². The van der Waals surface area contributed by atoms with Crippen LogP contribution in [-0.4, -0.2) is 36.6 Å². The summed E-state index contributed by atoms with van der Waals surface area (Å²) in [6.07, 6.45) is 9.56. The van der Waals surface area contributed by atoms with Gasteiger partial charge in [0.1, 0.15) is 22.4 Å². The molecule has 0 aliphatic heterocycles. The molecular formula is C22H20ClN7O. The van der Waals surface area contributed by atoms with E-state index in [4.69, 9.17) is 11.6 Å². The summed E-state index contributed by atoms with van der Waals surface area (Å²) in [6.45, 7) is 0. The van der Waals surface area contributed by atoms with Crippen molar-refractivity contribution in [1.82, 2.24) is 24.5 Å². The molecule has 0 bridgehead atoms. The van der Waals surface area contributed by atoms with Gasteiger partial charge in [0, 0.05) is 29.7 Å². The van der Waals surface area contributed by atoms with Gasteiger partial charge in [0.2, 0.25) is 0 Å². The molecule has 0 saturated heterocycles. The van der Waals surface area contributed by atoms with Gasteiger partial charge in [-0.1, -0.05) is 11.6 Å². The molecule has 4 aromatic rings. The molecule has 4 heterocycles. The lowest BCUT2D eigenvalue weighted by Crippen LogP contribution is -2.22. The molecule has 0 unspecified atom stereocenters. The van der Waals surface area contributed by atoms with Gasteiger partial charge in [-0.2, -0.15) is 0 Å². The first-order valence-corrected chi connectivity index (χ1v) is 10.5. The van der Waals surface area contributed by atoms with E-state index >= 15 is 0 Å². The number of nitrogens with zero attached hydrogens (tertiary/aromatic N) is 5. The number of hydrogen-bond acceptors (Lipinski definition) is 7. The van der Waals surface area contributed by atoms with Crippen LogP contribution in [0.2, 0.25) is 5.15 Å². The fourth-order valence-corrected chi connectivity index (χ4v) is 4.07. The van der Waals surface area contributed by atoms with Crippen LogP contribution < -0.4 is 16.2 Å². The minimum absolute atomic E-state index is 0.135. The molecule has 9 heteroatoms. The number of nitrogens with one attached hydrogen (secondary N) is 2. The zero-order chi connectivity index (χ0) is 21.2. The highest BCUT2D eigenvalue weighted by molar-refractivity contribution is 6.29. The Kier molecular flexibility index (Phi) is 5.21. The first-order valence-electron chi connectivity index (χ1n) is 10.1. The Morgan fingerprint density at radius 1 is 0.871 bits per heavy atom. The fourth-order valence-electron chi connectivity index (χ4n) is 3.97. The van der Waals surface area contributed by atoms with E-state index in [1.807, 2.05) is 24.3 Å². The van der Waals surface area contributed by atoms with E-state index in [1.165, 1.54) is 6.20 Å². The molecule has 4 aromatic heterocycles. The van der Waals surface area contributed by atoms with Gasteiger partial charge in [-0.3, -0.25) is 9.36 Å². The molecular weight excluding hydrogens is 414 g/mol. The molecule has 0 radical (unpaired) electrons. The van der Waals surface area contributed by atoms with E-state index in [2.05, 4.69) is 30.6 Å². The molecule has 1 saturated carbocycles. The van der Waals surface area contributed by atoms with E-state index in [9.17, 15) is 4.79 Å². The fraction of sp³-hybridized carbons (Fsp3) is 0.227. The summed E-state index contributed by atoms with van der Waals surface area (Å²) in [4.78, 5) is 29.7. The maximum Gasteiger partial charge on any atom is 0.256 e. The van der Waals surface area contributed by atoms with Crippen molar-refractivity contribution < 1.29 is 0 Å².